The van der Waals surface area contributed by atoms with E-state index in [2.05, 4.69) is 37.4 Å². The van der Waals surface area contributed by atoms with E-state index in [0.717, 1.165) is 11.8 Å². The van der Waals surface area contributed by atoms with E-state index in [0.29, 0.717) is 22.9 Å². The Morgan fingerprint density at radius 3 is 1.62 bits per heavy atom. The largest absolute Gasteiger partial charge is 0.425 e. The van der Waals surface area contributed by atoms with Gasteiger partial charge in [-0.05, 0) is 62.4 Å². The summed E-state index contributed by atoms with van der Waals surface area (Å²) in [6.45, 7) is 4.65. The third-order valence-corrected chi connectivity index (χ3v) is 21.3. The van der Waals surface area contributed by atoms with Crippen molar-refractivity contribution in [3.8, 4) is 0 Å². The van der Waals surface area contributed by atoms with Crippen LogP contribution in [0.15, 0.2) is 24.3 Å². The summed E-state index contributed by atoms with van der Waals surface area (Å²) in [5.41, 5.74) is 1.21. The summed E-state index contributed by atoms with van der Waals surface area (Å²) < 4.78 is 26.1. The minimum atomic E-state index is -2.25. The van der Waals surface area contributed by atoms with Crippen LogP contribution in [0.4, 0.5) is 0 Å². The van der Waals surface area contributed by atoms with Gasteiger partial charge in [0, 0.05) is 11.1 Å². The van der Waals surface area contributed by atoms with Gasteiger partial charge in [0.2, 0.25) is 0 Å². The molecule has 2 saturated carbocycles. The first kappa shape index (κ1) is 16.4. The van der Waals surface area contributed by atoms with Crippen molar-refractivity contribution in [2.75, 3.05) is 0 Å². The zero-order valence-electron chi connectivity index (χ0n) is 14.6. The topological polar surface area (TPSA) is 36.9 Å². The molecule has 1 saturated heterocycles. The zero-order chi connectivity index (χ0) is 16.4. The zero-order valence-corrected chi connectivity index (χ0v) is 19.5. The summed E-state index contributed by atoms with van der Waals surface area (Å²) in [6.07, 6.45) is 14.8. The molecule has 0 radical (unpaired) electrons. The quantitative estimate of drug-likeness (QED) is 0.529. The van der Waals surface area contributed by atoms with Gasteiger partial charge in [-0.25, -0.2) is 0 Å². The molecule has 8 unspecified atom stereocenters. The van der Waals surface area contributed by atoms with Crippen molar-refractivity contribution >= 4 is 37.1 Å². The lowest BCUT2D eigenvalue weighted by atomic mass is 10.1. The molecule has 0 spiro atoms. The summed E-state index contributed by atoms with van der Waals surface area (Å²) in [5, 5.41) is 0. The maximum atomic E-state index is 7.09. The van der Waals surface area contributed by atoms with Gasteiger partial charge in [-0.2, -0.15) is 0 Å². The molecule has 0 amide bonds. The average Bonchev–Trinajstić information content (AvgIpc) is 3.32. The minimum absolute atomic E-state index is 0.605. The SMILES string of the molecule is C[Si]1(C2CC3C=CC2C3)O[SiH2]O[SiH2]O[Si](C)(C2CC3C=CC2C3)O1. The van der Waals surface area contributed by atoms with Crippen molar-refractivity contribution in [3.05, 3.63) is 24.3 Å². The van der Waals surface area contributed by atoms with Gasteiger partial charge in [0.15, 0.2) is 0 Å². The van der Waals surface area contributed by atoms with Gasteiger partial charge in [-0.1, -0.05) is 24.3 Å². The molecule has 3 fully saturated rings. The Balaban J connectivity index is 1.43. The van der Waals surface area contributed by atoms with Crippen molar-refractivity contribution in [1.29, 1.82) is 0 Å². The predicted molar refractivity (Wildman–Crippen MR) is 103 cm³/mol. The Morgan fingerprint density at radius 2 is 1.25 bits per heavy atom. The first-order valence-corrected chi connectivity index (χ1v) is 16.6. The second-order valence-corrected chi connectivity index (χ2v) is 19.4. The van der Waals surface area contributed by atoms with Crippen LogP contribution in [0, 0.1) is 23.7 Å². The molecule has 1 aliphatic heterocycles. The standard InChI is InChI=1S/C16H28O4Si4/c1-23(15-9-11-3-5-13(15)7-11)18-21-17-22-19-24(2,20-23)16-10-12-4-6-14(16)8-12/h3-6,11-16H,7-10,21-22H2,1-2H3. The van der Waals surface area contributed by atoms with E-state index >= 15 is 0 Å². The smallest absolute Gasteiger partial charge is 0.320 e. The van der Waals surface area contributed by atoms with Crippen LogP contribution in [0.2, 0.25) is 24.2 Å². The van der Waals surface area contributed by atoms with Crippen LogP contribution in [-0.4, -0.2) is 37.1 Å². The highest BCUT2D eigenvalue weighted by Gasteiger charge is 2.59. The highest BCUT2D eigenvalue weighted by molar-refractivity contribution is 6.85. The van der Waals surface area contributed by atoms with Gasteiger partial charge in [0.25, 0.3) is 20.0 Å². The van der Waals surface area contributed by atoms with Gasteiger partial charge < -0.3 is 16.5 Å². The van der Waals surface area contributed by atoms with E-state index in [1.54, 1.807) is 0 Å². The van der Waals surface area contributed by atoms with Gasteiger partial charge in [-0.15, -0.1) is 0 Å². The molecule has 4 nitrogen and oxygen atoms in total. The first-order valence-electron chi connectivity index (χ1n) is 9.48. The lowest BCUT2D eigenvalue weighted by molar-refractivity contribution is 0.248. The van der Waals surface area contributed by atoms with Crippen LogP contribution in [0.5, 0.6) is 0 Å². The van der Waals surface area contributed by atoms with Crippen molar-refractivity contribution in [2.24, 2.45) is 23.7 Å². The fraction of sp³-hybridized carbons (Fsp3) is 0.750. The Bertz CT molecular complexity index is 538. The predicted octanol–water partition coefficient (Wildman–Crippen LogP) is 2.14. The fourth-order valence-electron chi connectivity index (χ4n) is 5.95. The number of hydrogen-bond donors (Lipinski definition) is 0. The fourth-order valence-corrected chi connectivity index (χ4v) is 21.4. The minimum Gasteiger partial charge on any atom is -0.425 e. The van der Waals surface area contributed by atoms with E-state index in [4.69, 9.17) is 16.5 Å². The van der Waals surface area contributed by atoms with Crippen LogP contribution in [0.25, 0.3) is 0 Å². The molecule has 0 aromatic carbocycles. The second-order valence-electron chi connectivity index (χ2n) is 8.64. The Morgan fingerprint density at radius 1 is 0.750 bits per heavy atom. The van der Waals surface area contributed by atoms with Gasteiger partial charge in [0.05, 0.1) is 0 Å². The summed E-state index contributed by atoms with van der Waals surface area (Å²) in [4.78, 5) is 0. The van der Waals surface area contributed by atoms with Crippen molar-refractivity contribution in [1.82, 2.24) is 0 Å². The highest BCUT2D eigenvalue weighted by Crippen LogP contribution is 2.56. The summed E-state index contributed by atoms with van der Waals surface area (Å²) in [6, 6.07) is 0. The van der Waals surface area contributed by atoms with E-state index in [9.17, 15) is 0 Å². The second kappa shape index (κ2) is 5.85. The van der Waals surface area contributed by atoms with E-state index < -0.39 is 37.1 Å². The van der Waals surface area contributed by atoms with Crippen LogP contribution >= 0.6 is 0 Å². The highest BCUT2D eigenvalue weighted by atomic mass is 28.5. The van der Waals surface area contributed by atoms with Gasteiger partial charge >= 0.3 is 17.1 Å². The lowest BCUT2D eigenvalue weighted by Crippen LogP contribution is -2.60. The van der Waals surface area contributed by atoms with Gasteiger partial charge in [-0.3, -0.25) is 0 Å². The van der Waals surface area contributed by atoms with Crippen LogP contribution in [0.1, 0.15) is 25.7 Å². The summed E-state index contributed by atoms with van der Waals surface area (Å²) in [5.74, 6) is 2.88. The van der Waals surface area contributed by atoms with Crippen molar-refractivity contribution in [2.45, 2.75) is 49.9 Å². The summed E-state index contributed by atoms with van der Waals surface area (Å²) in [7, 11) is -6.35. The maximum absolute atomic E-state index is 7.09. The molecule has 8 atom stereocenters. The Kier molecular flexibility index (Phi) is 3.99. The molecule has 0 aromatic rings. The van der Waals surface area contributed by atoms with Crippen LogP contribution in [0.3, 0.4) is 0 Å². The molecule has 5 aliphatic rings. The number of fused-ring (bicyclic) bond motifs is 4. The van der Waals surface area contributed by atoms with E-state index in [-0.39, 0.29) is 0 Å². The molecular weight excluding hydrogens is 369 g/mol. The van der Waals surface area contributed by atoms with Crippen molar-refractivity contribution < 1.29 is 16.5 Å². The molecular formula is C16H28O4Si4. The molecule has 1 heterocycles. The lowest BCUT2D eigenvalue weighted by Gasteiger charge is -2.46. The molecule has 5 rings (SSSR count). The summed E-state index contributed by atoms with van der Waals surface area (Å²) >= 11 is 0. The van der Waals surface area contributed by atoms with E-state index in [1.807, 2.05) is 0 Å². The number of hydrogen-bond acceptors (Lipinski definition) is 4. The molecule has 0 N–H and O–H groups in total. The molecule has 132 valence electrons. The number of allylic oxidation sites excluding steroid dienone is 4. The Labute approximate surface area is 151 Å². The third kappa shape index (κ3) is 2.58. The number of rotatable bonds is 2. The van der Waals surface area contributed by atoms with Gasteiger partial charge in [0.1, 0.15) is 0 Å². The third-order valence-electron chi connectivity index (χ3n) is 7.17. The average molecular weight is 397 g/mol. The maximum Gasteiger partial charge on any atom is 0.320 e. The Hall–Kier alpha value is 0.188. The van der Waals surface area contributed by atoms with Crippen LogP contribution in [-0.2, 0) is 16.5 Å². The molecule has 0 aromatic heterocycles. The van der Waals surface area contributed by atoms with Crippen LogP contribution < -0.4 is 0 Å². The van der Waals surface area contributed by atoms with Crippen molar-refractivity contribution in [3.63, 3.8) is 0 Å². The molecule has 8 heteroatoms. The molecule has 4 aliphatic carbocycles. The first-order chi connectivity index (χ1) is 11.6. The normalized spacial score (nSPS) is 57.9. The van der Waals surface area contributed by atoms with E-state index in [1.165, 1.54) is 25.7 Å². The monoisotopic (exact) mass is 396 g/mol. The molecule has 4 bridgehead atoms. The molecule has 24 heavy (non-hydrogen) atoms.